The smallest absolute Gasteiger partial charge is 0.255 e. The van der Waals surface area contributed by atoms with E-state index in [0.29, 0.717) is 17.2 Å². The maximum Gasteiger partial charge on any atom is 0.255 e. The fourth-order valence-corrected chi connectivity index (χ4v) is 2.96. The van der Waals surface area contributed by atoms with Gasteiger partial charge in [-0.15, -0.1) is 0 Å². The van der Waals surface area contributed by atoms with Gasteiger partial charge in [0.25, 0.3) is 11.5 Å². The van der Waals surface area contributed by atoms with Crippen LogP contribution in [0.2, 0.25) is 0 Å². The molecule has 0 radical (unpaired) electrons. The van der Waals surface area contributed by atoms with E-state index in [1.807, 2.05) is 19.1 Å². The van der Waals surface area contributed by atoms with Gasteiger partial charge in [-0.2, -0.15) is 0 Å². The Morgan fingerprint density at radius 3 is 2.11 bits per heavy atom. The summed E-state index contributed by atoms with van der Waals surface area (Å²) in [7, 11) is 0. The molecule has 1 amide bonds. The van der Waals surface area contributed by atoms with Gasteiger partial charge in [0.05, 0.1) is 11.6 Å². The van der Waals surface area contributed by atoms with Crippen molar-refractivity contribution in [2.75, 3.05) is 0 Å². The van der Waals surface area contributed by atoms with Crippen molar-refractivity contribution in [2.24, 2.45) is 0 Å². The molecule has 3 aromatic rings. The molecular formula is C23H23FN2O2. The molecular weight excluding hydrogens is 355 g/mol. The Labute approximate surface area is 163 Å². The van der Waals surface area contributed by atoms with E-state index in [9.17, 15) is 14.0 Å². The van der Waals surface area contributed by atoms with Crippen molar-refractivity contribution in [3.63, 3.8) is 0 Å². The highest BCUT2D eigenvalue weighted by Crippen LogP contribution is 2.19. The van der Waals surface area contributed by atoms with Crippen molar-refractivity contribution < 1.29 is 9.18 Å². The van der Waals surface area contributed by atoms with E-state index in [4.69, 9.17) is 0 Å². The molecule has 0 spiro atoms. The molecule has 1 N–H and O–H groups in total. The molecule has 0 aliphatic heterocycles. The number of nitrogens with zero attached hydrogens (tertiary/aromatic N) is 1. The summed E-state index contributed by atoms with van der Waals surface area (Å²) in [6, 6.07) is 16.4. The van der Waals surface area contributed by atoms with Gasteiger partial charge in [-0.3, -0.25) is 14.2 Å². The Kier molecular flexibility index (Phi) is 5.73. The van der Waals surface area contributed by atoms with Crippen molar-refractivity contribution in [1.29, 1.82) is 0 Å². The molecule has 1 heterocycles. The number of halogens is 1. The first kappa shape index (κ1) is 19.5. The van der Waals surface area contributed by atoms with Crippen LogP contribution in [0, 0.1) is 5.82 Å². The van der Waals surface area contributed by atoms with E-state index in [0.717, 1.165) is 5.56 Å². The van der Waals surface area contributed by atoms with Gasteiger partial charge in [0, 0.05) is 18.0 Å². The summed E-state index contributed by atoms with van der Waals surface area (Å²) in [5.41, 5.74) is 2.81. The van der Waals surface area contributed by atoms with Gasteiger partial charge in [-0.25, -0.2) is 4.39 Å². The average molecular weight is 378 g/mol. The number of hydrogen-bond acceptors (Lipinski definition) is 2. The lowest BCUT2D eigenvalue weighted by atomic mass is 9.99. The van der Waals surface area contributed by atoms with E-state index in [2.05, 4.69) is 31.3 Å². The monoisotopic (exact) mass is 378 g/mol. The molecule has 0 aliphatic carbocycles. The predicted octanol–water partition coefficient (Wildman–Crippen LogP) is 4.59. The molecule has 1 unspecified atom stereocenters. The molecule has 4 nitrogen and oxygen atoms in total. The molecule has 1 aromatic heterocycles. The van der Waals surface area contributed by atoms with E-state index in [1.165, 1.54) is 52.7 Å². The summed E-state index contributed by atoms with van der Waals surface area (Å²) >= 11 is 0. The van der Waals surface area contributed by atoms with Crippen LogP contribution in [0.25, 0.3) is 5.69 Å². The second kappa shape index (κ2) is 8.21. The van der Waals surface area contributed by atoms with E-state index in [1.54, 1.807) is 0 Å². The lowest BCUT2D eigenvalue weighted by Gasteiger charge is -2.16. The highest BCUT2D eigenvalue weighted by molar-refractivity contribution is 5.94. The summed E-state index contributed by atoms with van der Waals surface area (Å²) in [6.45, 7) is 6.19. The number of nitrogens with one attached hydrogen (secondary N) is 1. The Balaban J connectivity index is 1.79. The van der Waals surface area contributed by atoms with Crippen molar-refractivity contribution in [3.05, 3.63) is 99.7 Å². The number of amides is 1. The molecule has 0 aliphatic rings. The number of pyridine rings is 1. The molecule has 28 heavy (non-hydrogen) atoms. The largest absolute Gasteiger partial charge is 0.345 e. The highest BCUT2D eigenvalue weighted by atomic mass is 19.1. The minimum atomic E-state index is -0.386. The first-order valence-corrected chi connectivity index (χ1v) is 9.24. The Morgan fingerprint density at radius 2 is 1.50 bits per heavy atom. The molecule has 144 valence electrons. The summed E-state index contributed by atoms with van der Waals surface area (Å²) in [6.07, 6.45) is 1.47. The maximum atomic E-state index is 13.1. The SMILES string of the molecule is CC(C)c1ccc(C(C)NC(=O)c2ccc(=O)n(-c3ccc(F)cc3)c2)cc1. The van der Waals surface area contributed by atoms with Crippen molar-refractivity contribution in [2.45, 2.75) is 32.7 Å². The molecule has 3 rings (SSSR count). The van der Waals surface area contributed by atoms with Gasteiger partial charge >= 0.3 is 0 Å². The van der Waals surface area contributed by atoms with Crippen LogP contribution < -0.4 is 10.9 Å². The second-order valence-electron chi connectivity index (χ2n) is 7.12. The summed E-state index contributed by atoms with van der Waals surface area (Å²) in [5, 5.41) is 2.95. The lowest BCUT2D eigenvalue weighted by Crippen LogP contribution is -2.28. The van der Waals surface area contributed by atoms with Gasteiger partial charge in [0.15, 0.2) is 0 Å². The number of aromatic nitrogens is 1. The van der Waals surface area contributed by atoms with Crippen LogP contribution in [0.3, 0.4) is 0 Å². The predicted molar refractivity (Wildman–Crippen MR) is 108 cm³/mol. The summed E-state index contributed by atoms with van der Waals surface area (Å²) in [5.74, 6) is -0.217. The van der Waals surface area contributed by atoms with Gasteiger partial charge in [0.1, 0.15) is 5.82 Å². The molecule has 0 saturated heterocycles. The van der Waals surface area contributed by atoms with E-state index < -0.39 is 0 Å². The average Bonchev–Trinajstić information content (AvgIpc) is 2.69. The number of carbonyl (C=O) groups is 1. The fourth-order valence-electron chi connectivity index (χ4n) is 2.96. The lowest BCUT2D eigenvalue weighted by molar-refractivity contribution is 0.0939. The van der Waals surface area contributed by atoms with Crippen LogP contribution in [0.15, 0.2) is 71.7 Å². The number of hydrogen-bond donors (Lipinski definition) is 1. The number of carbonyl (C=O) groups excluding carboxylic acids is 1. The van der Waals surface area contributed by atoms with E-state index in [-0.39, 0.29) is 23.3 Å². The van der Waals surface area contributed by atoms with Crippen LogP contribution in [-0.4, -0.2) is 10.5 Å². The first-order valence-electron chi connectivity index (χ1n) is 9.24. The topological polar surface area (TPSA) is 51.1 Å². The first-order chi connectivity index (χ1) is 13.3. The molecule has 2 aromatic carbocycles. The molecule has 5 heteroatoms. The number of benzene rings is 2. The van der Waals surface area contributed by atoms with E-state index >= 15 is 0 Å². The fraction of sp³-hybridized carbons (Fsp3) is 0.217. The minimum absolute atomic E-state index is 0.181. The van der Waals surface area contributed by atoms with Crippen LogP contribution in [-0.2, 0) is 0 Å². The zero-order chi connectivity index (χ0) is 20.3. The normalized spacial score (nSPS) is 12.0. The van der Waals surface area contributed by atoms with Crippen molar-refractivity contribution >= 4 is 5.91 Å². The van der Waals surface area contributed by atoms with Crippen LogP contribution >= 0.6 is 0 Å². The van der Waals surface area contributed by atoms with Crippen molar-refractivity contribution in [1.82, 2.24) is 9.88 Å². The summed E-state index contributed by atoms with van der Waals surface area (Å²) < 4.78 is 14.5. The quantitative estimate of drug-likeness (QED) is 0.706. The Hall–Kier alpha value is -3.21. The summed E-state index contributed by atoms with van der Waals surface area (Å²) in [4.78, 5) is 24.8. The van der Waals surface area contributed by atoms with Gasteiger partial charge in [-0.1, -0.05) is 38.1 Å². The molecule has 1 atom stereocenters. The Morgan fingerprint density at radius 1 is 0.893 bits per heavy atom. The number of rotatable bonds is 5. The zero-order valence-electron chi connectivity index (χ0n) is 16.1. The zero-order valence-corrected chi connectivity index (χ0v) is 16.1. The second-order valence-corrected chi connectivity index (χ2v) is 7.12. The Bertz CT molecular complexity index is 1020. The third kappa shape index (κ3) is 4.36. The molecule has 0 bridgehead atoms. The third-order valence-electron chi connectivity index (χ3n) is 4.73. The minimum Gasteiger partial charge on any atom is -0.345 e. The third-order valence-corrected chi connectivity index (χ3v) is 4.73. The van der Waals surface area contributed by atoms with Crippen LogP contribution in [0.1, 0.15) is 54.2 Å². The van der Waals surface area contributed by atoms with Gasteiger partial charge in [0.2, 0.25) is 0 Å². The van der Waals surface area contributed by atoms with Crippen LogP contribution in [0.4, 0.5) is 4.39 Å². The molecule has 0 fully saturated rings. The van der Waals surface area contributed by atoms with Gasteiger partial charge < -0.3 is 5.32 Å². The standard InChI is InChI=1S/C23H23FN2O2/c1-15(2)17-4-6-18(7-5-17)16(3)25-23(28)19-8-13-22(27)26(14-19)21-11-9-20(24)10-12-21/h4-16H,1-3H3,(H,25,28). The van der Waals surface area contributed by atoms with Crippen molar-refractivity contribution in [3.8, 4) is 5.69 Å². The highest BCUT2D eigenvalue weighted by Gasteiger charge is 2.13. The van der Waals surface area contributed by atoms with Gasteiger partial charge in [-0.05, 0) is 54.3 Å². The molecule has 0 saturated carbocycles. The van der Waals surface area contributed by atoms with Crippen LogP contribution in [0.5, 0.6) is 0 Å². The maximum absolute atomic E-state index is 13.1.